The van der Waals surface area contributed by atoms with Crippen molar-refractivity contribution in [2.75, 3.05) is 9.80 Å². The summed E-state index contributed by atoms with van der Waals surface area (Å²) in [6, 6.07) is 59.7. The molecule has 2 heterocycles. The molecular weight excluding hydrogens is 594 g/mol. The lowest BCUT2D eigenvalue weighted by molar-refractivity contribution is 1.17. The number of fused-ring (bicyclic) bond motifs is 4. The van der Waals surface area contributed by atoms with E-state index in [0.29, 0.717) is 5.02 Å². The van der Waals surface area contributed by atoms with Crippen molar-refractivity contribution < 1.29 is 0 Å². The Morgan fingerprint density at radius 3 is 1.70 bits per heavy atom. The number of hydrogen-bond donors (Lipinski definition) is 0. The van der Waals surface area contributed by atoms with Gasteiger partial charge in [0.2, 0.25) is 0 Å². The number of halogens is 1. The van der Waals surface area contributed by atoms with E-state index in [9.17, 15) is 0 Å². The van der Waals surface area contributed by atoms with Crippen molar-refractivity contribution in [2.24, 2.45) is 0 Å². The van der Waals surface area contributed by atoms with Gasteiger partial charge in [-0.2, -0.15) is 0 Å². The molecule has 0 N–H and O–H groups in total. The maximum atomic E-state index is 6.33. The highest BCUT2D eigenvalue weighted by Gasteiger charge is 2.31. The molecule has 0 atom stereocenters. The molecule has 47 heavy (non-hydrogen) atoms. The van der Waals surface area contributed by atoms with E-state index < -0.39 is 0 Å². The first-order valence-electron chi connectivity index (χ1n) is 15.8. The van der Waals surface area contributed by atoms with Crippen molar-refractivity contribution in [1.82, 2.24) is 4.98 Å². The van der Waals surface area contributed by atoms with Gasteiger partial charge in [-0.05, 0) is 82.6 Å². The van der Waals surface area contributed by atoms with Crippen LogP contribution in [0, 0.1) is 0 Å². The van der Waals surface area contributed by atoms with Crippen molar-refractivity contribution >= 4 is 67.4 Å². The molecule has 0 radical (unpaired) electrons. The fraction of sp³-hybridized carbons (Fsp3) is 0. The number of para-hydroxylation sites is 6. The molecule has 3 nitrogen and oxygen atoms in total. The van der Waals surface area contributed by atoms with Gasteiger partial charge in [-0.15, -0.1) is 0 Å². The molecule has 8 aromatic rings. The lowest BCUT2D eigenvalue weighted by atomic mass is 9.93. The van der Waals surface area contributed by atoms with E-state index in [4.69, 9.17) is 16.6 Å². The Hall–Kier alpha value is -5.90. The van der Waals surface area contributed by atoms with Crippen molar-refractivity contribution in [3.63, 3.8) is 0 Å². The molecular formula is C43H28ClN3. The van der Waals surface area contributed by atoms with Gasteiger partial charge in [0.05, 0.1) is 39.6 Å². The number of rotatable bonds is 4. The number of pyridine rings is 1. The van der Waals surface area contributed by atoms with Gasteiger partial charge < -0.3 is 9.80 Å². The quantitative estimate of drug-likeness (QED) is 0.195. The molecule has 222 valence electrons. The lowest BCUT2D eigenvalue weighted by Gasteiger charge is -2.40. The van der Waals surface area contributed by atoms with Crippen LogP contribution in [-0.4, -0.2) is 4.98 Å². The van der Waals surface area contributed by atoms with E-state index >= 15 is 0 Å². The second-order valence-electron chi connectivity index (χ2n) is 11.7. The summed E-state index contributed by atoms with van der Waals surface area (Å²) in [7, 11) is 0. The maximum Gasteiger partial charge on any atom is 0.0956 e. The van der Waals surface area contributed by atoms with Crippen LogP contribution in [0.15, 0.2) is 170 Å². The maximum absolute atomic E-state index is 6.33. The molecule has 0 saturated heterocycles. The third-order valence-corrected chi connectivity index (χ3v) is 9.27. The SMILES string of the molecule is Clc1ccc(-c2cc(-c3cccc4ccccc34)c3cccc(N4c5ccccc5N(c5ccccc5)c5ccccc54)c3n2)cc1. The minimum absolute atomic E-state index is 0.703. The molecule has 7 aromatic carbocycles. The Labute approximate surface area is 278 Å². The van der Waals surface area contributed by atoms with Crippen LogP contribution >= 0.6 is 11.6 Å². The second-order valence-corrected chi connectivity index (χ2v) is 12.2. The Balaban J connectivity index is 1.35. The van der Waals surface area contributed by atoms with Gasteiger partial charge in [0.1, 0.15) is 0 Å². The summed E-state index contributed by atoms with van der Waals surface area (Å²) >= 11 is 6.33. The Kier molecular flexibility index (Phi) is 6.51. The minimum Gasteiger partial charge on any atom is -0.306 e. The fourth-order valence-electron chi connectivity index (χ4n) is 6.92. The van der Waals surface area contributed by atoms with Crippen molar-refractivity contribution in [1.29, 1.82) is 0 Å². The molecule has 0 bridgehead atoms. The molecule has 0 saturated carbocycles. The van der Waals surface area contributed by atoms with Gasteiger partial charge in [-0.1, -0.05) is 121 Å². The molecule has 1 aliphatic rings. The number of anilines is 6. The van der Waals surface area contributed by atoms with E-state index in [0.717, 1.165) is 61.8 Å². The zero-order valence-corrected chi connectivity index (χ0v) is 26.1. The summed E-state index contributed by atoms with van der Waals surface area (Å²) in [5, 5.41) is 4.21. The van der Waals surface area contributed by atoms with Gasteiger partial charge in [-0.25, -0.2) is 4.98 Å². The predicted octanol–water partition coefficient (Wildman–Crippen LogP) is 12.6. The van der Waals surface area contributed by atoms with Crippen LogP contribution in [0.4, 0.5) is 34.1 Å². The third kappa shape index (κ3) is 4.55. The van der Waals surface area contributed by atoms with Crippen LogP contribution < -0.4 is 9.80 Å². The van der Waals surface area contributed by atoms with E-state index in [2.05, 4.69) is 168 Å². The van der Waals surface area contributed by atoms with E-state index in [1.54, 1.807) is 0 Å². The first kappa shape index (κ1) is 27.4. The van der Waals surface area contributed by atoms with E-state index in [-0.39, 0.29) is 0 Å². The second kappa shape index (κ2) is 11.2. The van der Waals surface area contributed by atoms with Crippen LogP contribution in [0.1, 0.15) is 0 Å². The lowest BCUT2D eigenvalue weighted by Crippen LogP contribution is -2.24. The Morgan fingerprint density at radius 1 is 0.426 bits per heavy atom. The standard InChI is InChI=1S/C43H28ClN3/c44-31-26-24-30(25-27-31)37-28-36(34-17-10-13-29-12-4-5-16-33(29)34)35-18-11-23-42(43(35)45-37)47-40-21-8-6-19-38(40)46(32-14-2-1-3-15-32)39-20-7-9-22-41(39)47/h1-28H. The van der Waals surface area contributed by atoms with Gasteiger partial charge >= 0.3 is 0 Å². The summed E-state index contributed by atoms with van der Waals surface area (Å²) in [5.41, 5.74) is 11.7. The van der Waals surface area contributed by atoms with Crippen LogP contribution in [0.3, 0.4) is 0 Å². The Bertz CT molecular complexity index is 2380. The summed E-state index contributed by atoms with van der Waals surface area (Å²) in [4.78, 5) is 10.2. The van der Waals surface area contributed by atoms with E-state index in [1.807, 2.05) is 12.1 Å². The molecule has 9 rings (SSSR count). The summed E-state index contributed by atoms with van der Waals surface area (Å²) in [6.07, 6.45) is 0. The van der Waals surface area contributed by atoms with Gasteiger partial charge in [0.25, 0.3) is 0 Å². The topological polar surface area (TPSA) is 19.4 Å². The zero-order chi connectivity index (χ0) is 31.3. The van der Waals surface area contributed by atoms with Crippen LogP contribution in [0.5, 0.6) is 0 Å². The van der Waals surface area contributed by atoms with Gasteiger partial charge in [-0.3, -0.25) is 0 Å². The first-order chi connectivity index (χ1) is 23.2. The van der Waals surface area contributed by atoms with Crippen LogP contribution in [-0.2, 0) is 0 Å². The van der Waals surface area contributed by atoms with Gasteiger partial charge in [0.15, 0.2) is 0 Å². The average Bonchev–Trinajstić information content (AvgIpc) is 3.13. The average molecular weight is 622 g/mol. The van der Waals surface area contributed by atoms with Crippen molar-refractivity contribution in [2.45, 2.75) is 0 Å². The number of aromatic nitrogens is 1. The summed E-state index contributed by atoms with van der Waals surface area (Å²) in [6.45, 7) is 0. The smallest absolute Gasteiger partial charge is 0.0956 e. The number of benzene rings is 7. The molecule has 0 fully saturated rings. The van der Waals surface area contributed by atoms with Crippen LogP contribution in [0.25, 0.3) is 44.1 Å². The third-order valence-electron chi connectivity index (χ3n) is 9.02. The van der Waals surface area contributed by atoms with Crippen LogP contribution in [0.2, 0.25) is 5.02 Å². The van der Waals surface area contributed by atoms with Crippen molar-refractivity contribution in [3.05, 3.63) is 175 Å². The largest absolute Gasteiger partial charge is 0.306 e. The molecule has 0 amide bonds. The normalized spacial score (nSPS) is 12.3. The molecule has 1 aromatic heterocycles. The predicted molar refractivity (Wildman–Crippen MR) is 198 cm³/mol. The monoisotopic (exact) mass is 621 g/mol. The highest BCUT2D eigenvalue weighted by molar-refractivity contribution is 6.30. The first-order valence-corrected chi connectivity index (χ1v) is 16.1. The number of nitrogens with zero attached hydrogens (tertiary/aromatic N) is 3. The Morgan fingerprint density at radius 2 is 0.979 bits per heavy atom. The number of hydrogen-bond acceptors (Lipinski definition) is 3. The molecule has 4 heteroatoms. The highest BCUT2D eigenvalue weighted by Crippen LogP contribution is 2.55. The van der Waals surface area contributed by atoms with Crippen molar-refractivity contribution in [3.8, 4) is 22.4 Å². The zero-order valence-electron chi connectivity index (χ0n) is 25.4. The van der Waals surface area contributed by atoms with Gasteiger partial charge in [0, 0.05) is 21.7 Å². The molecule has 0 spiro atoms. The summed E-state index contributed by atoms with van der Waals surface area (Å²) < 4.78 is 0. The molecule has 1 aliphatic heterocycles. The molecule has 0 unspecified atom stereocenters. The highest BCUT2D eigenvalue weighted by atomic mass is 35.5. The fourth-order valence-corrected chi connectivity index (χ4v) is 7.05. The minimum atomic E-state index is 0.703. The summed E-state index contributed by atoms with van der Waals surface area (Å²) in [5.74, 6) is 0. The molecule has 0 aliphatic carbocycles. The van der Waals surface area contributed by atoms with E-state index in [1.165, 1.54) is 16.3 Å².